The second kappa shape index (κ2) is 10.6. The molecule has 0 aliphatic rings. The maximum atomic E-state index is 13.0. The molecule has 0 spiro atoms. The highest BCUT2D eigenvalue weighted by Gasteiger charge is 2.25. The summed E-state index contributed by atoms with van der Waals surface area (Å²) in [7, 11) is -3.97. The van der Waals surface area contributed by atoms with E-state index >= 15 is 0 Å². The molecule has 1 atom stereocenters. The summed E-state index contributed by atoms with van der Waals surface area (Å²) in [6.07, 6.45) is 0. The van der Waals surface area contributed by atoms with Crippen LogP contribution in [0.1, 0.15) is 35.5 Å². The van der Waals surface area contributed by atoms with Gasteiger partial charge in [0.05, 0.1) is 15.9 Å². The van der Waals surface area contributed by atoms with Gasteiger partial charge in [-0.25, -0.2) is 13.1 Å². The first-order valence-electron chi connectivity index (χ1n) is 11.1. The molecule has 0 aliphatic heterocycles. The number of hydrogen-bond donors (Lipinski definition) is 1. The average molecular weight is 524 g/mol. The summed E-state index contributed by atoms with van der Waals surface area (Å²) < 4.78 is 30.5. The Kier molecular flexibility index (Phi) is 7.53. The smallest absolute Gasteiger partial charge is 0.269 e. The maximum absolute atomic E-state index is 13.0. The molecule has 1 unspecified atom stereocenters. The van der Waals surface area contributed by atoms with E-state index in [0.29, 0.717) is 16.7 Å². The number of nitrogens with zero attached hydrogens (tertiary/aromatic N) is 4. The number of thioether (sulfide) groups is 1. The molecule has 4 aromatic rings. The minimum absolute atomic E-state index is 0.0736. The Bertz CT molecular complexity index is 1480. The molecular weight excluding hydrogens is 498 g/mol. The van der Waals surface area contributed by atoms with Crippen LogP contribution in [0.3, 0.4) is 0 Å². The van der Waals surface area contributed by atoms with Gasteiger partial charge in [-0.15, -0.1) is 10.2 Å². The van der Waals surface area contributed by atoms with Crippen LogP contribution < -0.4 is 4.72 Å². The van der Waals surface area contributed by atoms with E-state index in [9.17, 15) is 18.5 Å². The Labute approximate surface area is 213 Å². The zero-order valence-electron chi connectivity index (χ0n) is 20.0. The van der Waals surface area contributed by atoms with Crippen molar-refractivity contribution >= 4 is 27.5 Å². The third kappa shape index (κ3) is 5.64. The van der Waals surface area contributed by atoms with Crippen LogP contribution in [-0.4, -0.2) is 28.1 Å². The number of nitrogens with one attached hydrogen (secondary N) is 1. The van der Waals surface area contributed by atoms with Crippen LogP contribution in [-0.2, 0) is 15.8 Å². The van der Waals surface area contributed by atoms with Gasteiger partial charge in [0.1, 0.15) is 0 Å². The lowest BCUT2D eigenvalue weighted by Crippen LogP contribution is -2.28. The Balaban J connectivity index is 1.65. The van der Waals surface area contributed by atoms with E-state index in [-0.39, 0.29) is 10.6 Å². The number of sulfonamides is 1. The number of nitro benzene ring substituents is 1. The molecule has 1 heterocycles. The van der Waals surface area contributed by atoms with E-state index in [4.69, 9.17) is 0 Å². The third-order valence-corrected chi connectivity index (χ3v) is 8.18. The van der Waals surface area contributed by atoms with Crippen LogP contribution in [0.5, 0.6) is 0 Å². The summed E-state index contributed by atoms with van der Waals surface area (Å²) in [5, 5.41) is 20.3. The quantitative estimate of drug-likeness (QED) is 0.184. The van der Waals surface area contributed by atoms with E-state index in [1.807, 2.05) is 47.9 Å². The predicted molar refractivity (Wildman–Crippen MR) is 139 cm³/mol. The van der Waals surface area contributed by atoms with Crippen LogP contribution >= 0.6 is 11.8 Å². The van der Waals surface area contributed by atoms with Crippen LogP contribution in [0.2, 0.25) is 0 Å². The molecule has 0 saturated carbocycles. The minimum atomic E-state index is -3.97. The zero-order chi connectivity index (χ0) is 25.9. The van der Waals surface area contributed by atoms with Crippen molar-refractivity contribution in [2.45, 2.75) is 42.6 Å². The summed E-state index contributed by atoms with van der Waals surface area (Å²) in [5.41, 5.74) is 4.07. The molecule has 1 N–H and O–H groups in total. The molecule has 9 nitrogen and oxygen atoms in total. The van der Waals surface area contributed by atoms with Gasteiger partial charge >= 0.3 is 0 Å². The lowest BCUT2D eigenvalue weighted by atomic mass is 10.1. The Morgan fingerprint density at radius 3 is 2.31 bits per heavy atom. The Hall–Kier alpha value is -3.54. The highest BCUT2D eigenvalue weighted by molar-refractivity contribution is 7.98. The van der Waals surface area contributed by atoms with Crippen LogP contribution in [0.4, 0.5) is 5.69 Å². The Morgan fingerprint density at radius 2 is 1.67 bits per heavy atom. The van der Waals surface area contributed by atoms with Gasteiger partial charge in [-0.2, -0.15) is 0 Å². The first-order valence-corrected chi connectivity index (χ1v) is 13.6. The second-order valence-corrected chi connectivity index (χ2v) is 11.0. The number of non-ortho nitro benzene ring substituents is 1. The number of aromatic nitrogens is 3. The summed E-state index contributed by atoms with van der Waals surface area (Å²) in [4.78, 5) is 10.3. The van der Waals surface area contributed by atoms with Gasteiger partial charge in [0.2, 0.25) is 10.0 Å². The molecule has 0 saturated heterocycles. The molecule has 3 aromatic carbocycles. The van der Waals surface area contributed by atoms with E-state index in [1.54, 1.807) is 6.92 Å². The summed E-state index contributed by atoms with van der Waals surface area (Å²) in [5.74, 6) is 1.11. The molecule has 4 rings (SSSR count). The number of hydrogen-bond acceptors (Lipinski definition) is 7. The number of benzene rings is 3. The van der Waals surface area contributed by atoms with E-state index in [0.717, 1.165) is 23.4 Å². The maximum Gasteiger partial charge on any atom is 0.269 e. The largest absolute Gasteiger partial charge is 0.273 e. The van der Waals surface area contributed by atoms with Gasteiger partial charge in [-0.05, 0) is 56.2 Å². The number of rotatable bonds is 9. The van der Waals surface area contributed by atoms with Gasteiger partial charge in [-0.3, -0.25) is 14.7 Å². The van der Waals surface area contributed by atoms with Crippen molar-refractivity contribution in [2.75, 3.05) is 0 Å². The molecule has 1 aromatic heterocycles. The van der Waals surface area contributed by atoms with Gasteiger partial charge in [-0.1, -0.05) is 53.7 Å². The summed E-state index contributed by atoms with van der Waals surface area (Å²) in [6, 6.07) is 20.0. The summed E-state index contributed by atoms with van der Waals surface area (Å²) in [6.45, 7) is 5.74. The monoisotopic (exact) mass is 523 g/mol. The third-order valence-electron chi connectivity index (χ3n) is 5.65. The van der Waals surface area contributed by atoms with Gasteiger partial charge < -0.3 is 0 Å². The van der Waals surface area contributed by atoms with E-state index in [1.165, 1.54) is 35.0 Å². The number of nitro groups is 1. The zero-order valence-corrected chi connectivity index (χ0v) is 21.6. The first kappa shape index (κ1) is 25.5. The molecule has 0 fully saturated rings. The van der Waals surface area contributed by atoms with Crippen molar-refractivity contribution in [3.8, 4) is 5.69 Å². The van der Waals surface area contributed by atoms with Crippen molar-refractivity contribution in [3.63, 3.8) is 0 Å². The molecule has 11 heteroatoms. The van der Waals surface area contributed by atoms with Crippen LogP contribution in [0.15, 0.2) is 82.8 Å². The van der Waals surface area contributed by atoms with E-state index < -0.39 is 21.0 Å². The average Bonchev–Trinajstić information content (AvgIpc) is 3.28. The fourth-order valence-electron chi connectivity index (χ4n) is 3.61. The van der Waals surface area contributed by atoms with E-state index in [2.05, 4.69) is 34.0 Å². The molecule has 0 aliphatic carbocycles. The molecular formula is C25H25N5O4S2. The lowest BCUT2D eigenvalue weighted by Gasteiger charge is -2.17. The molecule has 36 heavy (non-hydrogen) atoms. The van der Waals surface area contributed by atoms with Crippen molar-refractivity contribution in [3.05, 3.63) is 105 Å². The fourth-order valence-corrected chi connectivity index (χ4v) is 5.84. The standard InChI is InChI=1S/C25H25N5O4S2/c1-17-8-10-21(11-9-17)29-24(26-27-25(29)35-16-20-7-5-4-6-18(20)2)19(3)28-36(33,34)23-14-12-22(13-15-23)30(31)32/h4-15,19,28H,16H2,1-3H3. The van der Waals surface area contributed by atoms with Gasteiger partial charge in [0.25, 0.3) is 5.69 Å². The highest BCUT2D eigenvalue weighted by atomic mass is 32.2. The molecule has 0 bridgehead atoms. The molecule has 0 radical (unpaired) electrons. The Morgan fingerprint density at radius 1 is 1.00 bits per heavy atom. The molecule has 0 amide bonds. The topological polar surface area (TPSA) is 120 Å². The summed E-state index contributed by atoms with van der Waals surface area (Å²) >= 11 is 1.52. The second-order valence-electron chi connectivity index (χ2n) is 8.32. The predicted octanol–water partition coefficient (Wildman–Crippen LogP) is 5.12. The van der Waals surface area contributed by atoms with Gasteiger partial charge in [0, 0.05) is 23.6 Å². The van der Waals surface area contributed by atoms with Gasteiger partial charge in [0.15, 0.2) is 11.0 Å². The highest BCUT2D eigenvalue weighted by Crippen LogP contribution is 2.29. The first-order chi connectivity index (χ1) is 17.2. The normalized spacial score (nSPS) is 12.4. The van der Waals surface area contributed by atoms with Crippen LogP contribution in [0.25, 0.3) is 5.69 Å². The number of aryl methyl sites for hydroxylation is 2. The minimum Gasteiger partial charge on any atom is -0.273 e. The lowest BCUT2D eigenvalue weighted by molar-refractivity contribution is -0.384. The van der Waals surface area contributed by atoms with Crippen molar-refractivity contribution in [2.24, 2.45) is 0 Å². The van der Waals surface area contributed by atoms with Crippen LogP contribution in [0, 0.1) is 24.0 Å². The SMILES string of the molecule is Cc1ccc(-n2c(SCc3ccccc3C)nnc2C(C)NS(=O)(=O)c2ccc([N+](=O)[O-])cc2)cc1. The van der Waals surface area contributed by atoms with Crippen molar-refractivity contribution in [1.82, 2.24) is 19.5 Å². The van der Waals surface area contributed by atoms with Crippen molar-refractivity contribution < 1.29 is 13.3 Å². The molecule has 186 valence electrons. The fraction of sp³-hybridized carbons (Fsp3) is 0.200. The van der Waals surface area contributed by atoms with Crippen molar-refractivity contribution in [1.29, 1.82) is 0 Å².